The van der Waals surface area contributed by atoms with E-state index in [-0.39, 0.29) is 11.6 Å². The van der Waals surface area contributed by atoms with E-state index in [0.717, 1.165) is 5.56 Å². The first-order chi connectivity index (χ1) is 15.4. The molecule has 0 bridgehead atoms. The van der Waals surface area contributed by atoms with Crippen molar-refractivity contribution in [3.05, 3.63) is 47.5 Å². The lowest BCUT2D eigenvalue weighted by Gasteiger charge is -2.17. The lowest BCUT2D eigenvalue weighted by molar-refractivity contribution is -0.124. The van der Waals surface area contributed by atoms with E-state index >= 15 is 0 Å². The summed E-state index contributed by atoms with van der Waals surface area (Å²) in [6.07, 6.45) is 0. The van der Waals surface area contributed by atoms with Crippen molar-refractivity contribution in [3.63, 3.8) is 0 Å². The predicted molar refractivity (Wildman–Crippen MR) is 120 cm³/mol. The number of methoxy groups -OCH3 is 1. The molecule has 2 rings (SSSR count). The zero-order valence-corrected chi connectivity index (χ0v) is 19.2. The molecule has 0 radical (unpaired) electrons. The molecule has 1 unspecified atom stereocenters. The smallest absolute Gasteiger partial charge is 0.338 e. The SMILES string of the molecule is CCOc1cc(C(=O)OCC(=O)NC(C)c2cccc(OC)c2)cc(OCC)c1OCC. The number of hydrogen-bond donors (Lipinski definition) is 1. The first-order valence-corrected chi connectivity index (χ1v) is 10.6. The second-order valence-corrected chi connectivity index (χ2v) is 6.74. The highest BCUT2D eigenvalue weighted by molar-refractivity contribution is 5.92. The fourth-order valence-corrected chi connectivity index (χ4v) is 3.00. The third-order valence-corrected chi connectivity index (χ3v) is 4.45. The highest BCUT2D eigenvalue weighted by atomic mass is 16.5. The molecule has 0 aliphatic rings. The quantitative estimate of drug-likeness (QED) is 0.495. The first kappa shape index (κ1) is 24.8. The molecule has 0 heterocycles. The van der Waals surface area contributed by atoms with Crippen LogP contribution in [0.25, 0.3) is 0 Å². The van der Waals surface area contributed by atoms with Crippen molar-refractivity contribution in [1.29, 1.82) is 0 Å². The third-order valence-electron chi connectivity index (χ3n) is 4.45. The number of carbonyl (C=O) groups excluding carboxylic acids is 2. The second kappa shape index (κ2) is 12.4. The maximum atomic E-state index is 12.6. The number of benzene rings is 2. The molecule has 0 aliphatic carbocycles. The Morgan fingerprint density at radius 3 is 2.12 bits per heavy atom. The number of rotatable bonds is 12. The average Bonchev–Trinajstić information content (AvgIpc) is 2.79. The largest absolute Gasteiger partial charge is 0.497 e. The second-order valence-electron chi connectivity index (χ2n) is 6.74. The van der Waals surface area contributed by atoms with Crippen LogP contribution in [0.1, 0.15) is 49.7 Å². The molecule has 0 aromatic heterocycles. The third kappa shape index (κ3) is 6.80. The van der Waals surface area contributed by atoms with Gasteiger partial charge in [0.25, 0.3) is 5.91 Å². The van der Waals surface area contributed by atoms with Gasteiger partial charge >= 0.3 is 5.97 Å². The number of hydrogen-bond acceptors (Lipinski definition) is 7. The number of ether oxygens (including phenoxy) is 5. The highest BCUT2D eigenvalue weighted by Crippen LogP contribution is 2.39. The Hall–Kier alpha value is -3.42. The Balaban J connectivity index is 2.06. The Kier molecular flexibility index (Phi) is 9.66. The van der Waals surface area contributed by atoms with Crippen LogP contribution in [-0.4, -0.2) is 45.4 Å². The number of nitrogens with one attached hydrogen (secondary N) is 1. The van der Waals surface area contributed by atoms with Crippen LogP contribution in [0.5, 0.6) is 23.0 Å². The summed E-state index contributed by atoms with van der Waals surface area (Å²) in [5.74, 6) is 0.791. The van der Waals surface area contributed by atoms with Gasteiger partial charge in [0.1, 0.15) is 5.75 Å². The standard InChI is InChI=1S/C24H31NO7/c1-6-29-20-13-18(14-21(30-7-2)23(20)31-8-3)24(27)32-15-22(26)25-16(4)17-10-9-11-19(12-17)28-5/h9-14,16H,6-8,15H2,1-5H3,(H,25,26). The Bertz CT molecular complexity index is 886. The van der Waals surface area contributed by atoms with E-state index in [1.54, 1.807) is 7.11 Å². The van der Waals surface area contributed by atoms with Gasteiger partial charge in [0, 0.05) is 0 Å². The summed E-state index contributed by atoms with van der Waals surface area (Å²) in [5.41, 5.74) is 1.08. The van der Waals surface area contributed by atoms with Crippen molar-refractivity contribution in [2.24, 2.45) is 0 Å². The molecule has 1 atom stereocenters. The topological polar surface area (TPSA) is 92.3 Å². The normalized spacial score (nSPS) is 11.3. The van der Waals surface area contributed by atoms with Gasteiger partial charge < -0.3 is 29.0 Å². The summed E-state index contributed by atoms with van der Waals surface area (Å²) in [6.45, 7) is 8.10. The fraction of sp³-hybridized carbons (Fsp3) is 0.417. The summed E-state index contributed by atoms with van der Waals surface area (Å²) in [6, 6.07) is 10.1. The Labute approximate surface area is 188 Å². The number of carbonyl (C=O) groups is 2. The van der Waals surface area contributed by atoms with Crippen molar-refractivity contribution >= 4 is 11.9 Å². The van der Waals surface area contributed by atoms with Crippen molar-refractivity contribution in [2.45, 2.75) is 33.7 Å². The van der Waals surface area contributed by atoms with Crippen LogP contribution in [0.3, 0.4) is 0 Å². The van der Waals surface area contributed by atoms with Crippen molar-refractivity contribution in [2.75, 3.05) is 33.5 Å². The molecule has 0 fully saturated rings. The molecule has 8 heteroatoms. The lowest BCUT2D eigenvalue weighted by atomic mass is 10.1. The highest BCUT2D eigenvalue weighted by Gasteiger charge is 2.20. The summed E-state index contributed by atoms with van der Waals surface area (Å²) in [4.78, 5) is 24.9. The molecule has 8 nitrogen and oxygen atoms in total. The van der Waals surface area contributed by atoms with E-state index in [2.05, 4.69) is 5.32 Å². The molecule has 0 aliphatic heterocycles. The van der Waals surface area contributed by atoms with Gasteiger partial charge in [-0.15, -0.1) is 0 Å². The average molecular weight is 446 g/mol. The van der Waals surface area contributed by atoms with Crippen LogP contribution in [0.2, 0.25) is 0 Å². The van der Waals surface area contributed by atoms with E-state index in [4.69, 9.17) is 23.7 Å². The minimum atomic E-state index is -0.667. The zero-order valence-electron chi connectivity index (χ0n) is 19.2. The van der Waals surface area contributed by atoms with Crippen LogP contribution in [0.15, 0.2) is 36.4 Å². The molecule has 0 saturated heterocycles. The van der Waals surface area contributed by atoms with Gasteiger partial charge in [-0.3, -0.25) is 4.79 Å². The van der Waals surface area contributed by atoms with E-state index < -0.39 is 18.5 Å². The molecule has 1 amide bonds. The fourth-order valence-electron chi connectivity index (χ4n) is 3.00. The summed E-state index contributed by atoms with van der Waals surface area (Å²) >= 11 is 0. The molecule has 0 saturated carbocycles. The van der Waals surface area contributed by atoms with Crippen LogP contribution >= 0.6 is 0 Å². The number of amides is 1. The van der Waals surface area contributed by atoms with Crippen molar-refractivity contribution in [3.8, 4) is 23.0 Å². The lowest BCUT2D eigenvalue weighted by Crippen LogP contribution is -2.31. The molecule has 32 heavy (non-hydrogen) atoms. The summed E-state index contributed by atoms with van der Waals surface area (Å²) in [7, 11) is 1.58. The van der Waals surface area contributed by atoms with Gasteiger partial charge in [-0.1, -0.05) is 12.1 Å². The van der Waals surface area contributed by atoms with Gasteiger partial charge in [-0.2, -0.15) is 0 Å². The minimum Gasteiger partial charge on any atom is -0.497 e. The van der Waals surface area contributed by atoms with E-state index in [9.17, 15) is 9.59 Å². The van der Waals surface area contributed by atoms with Gasteiger partial charge in [0.05, 0.1) is 38.5 Å². The van der Waals surface area contributed by atoms with Gasteiger partial charge in [-0.25, -0.2) is 4.79 Å². The molecule has 0 spiro atoms. The van der Waals surface area contributed by atoms with Gasteiger partial charge in [0.15, 0.2) is 18.1 Å². The molecular weight excluding hydrogens is 414 g/mol. The van der Waals surface area contributed by atoms with E-state index in [1.807, 2.05) is 52.0 Å². The van der Waals surface area contributed by atoms with Gasteiger partial charge in [-0.05, 0) is 57.5 Å². The first-order valence-electron chi connectivity index (χ1n) is 10.6. The van der Waals surface area contributed by atoms with E-state index in [0.29, 0.717) is 42.8 Å². The number of esters is 1. The van der Waals surface area contributed by atoms with Crippen LogP contribution in [0.4, 0.5) is 0 Å². The monoisotopic (exact) mass is 445 g/mol. The Morgan fingerprint density at radius 2 is 1.56 bits per heavy atom. The summed E-state index contributed by atoms with van der Waals surface area (Å²) < 4.78 is 27.3. The molecule has 1 N–H and O–H groups in total. The zero-order chi connectivity index (χ0) is 23.5. The Morgan fingerprint density at radius 1 is 0.938 bits per heavy atom. The van der Waals surface area contributed by atoms with Crippen LogP contribution < -0.4 is 24.3 Å². The van der Waals surface area contributed by atoms with Crippen molar-refractivity contribution < 1.29 is 33.3 Å². The molecule has 2 aromatic carbocycles. The van der Waals surface area contributed by atoms with Gasteiger partial charge in [0.2, 0.25) is 5.75 Å². The van der Waals surface area contributed by atoms with Crippen molar-refractivity contribution in [1.82, 2.24) is 5.32 Å². The van der Waals surface area contributed by atoms with Crippen LogP contribution in [0, 0.1) is 0 Å². The van der Waals surface area contributed by atoms with E-state index in [1.165, 1.54) is 12.1 Å². The predicted octanol–water partition coefficient (Wildman–Crippen LogP) is 3.93. The minimum absolute atomic E-state index is 0.203. The molecule has 2 aromatic rings. The molecule has 174 valence electrons. The molecular formula is C24H31NO7. The van der Waals surface area contributed by atoms with Crippen LogP contribution in [-0.2, 0) is 9.53 Å². The summed E-state index contributed by atoms with van der Waals surface area (Å²) in [5, 5.41) is 2.80. The maximum absolute atomic E-state index is 12.6. The maximum Gasteiger partial charge on any atom is 0.338 e.